The second-order valence-corrected chi connectivity index (χ2v) is 7.00. The van der Waals surface area contributed by atoms with Crippen molar-refractivity contribution in [3.8, 4) is 29.2 Å². The highest BCUT2D eigenvalue weighted by Crippen LogP contribution is 2.32. The Bertz CT molecular complexity index is 1260. The Morgan fingerprint density at radius 1 is 1.16 bits per heavy atom. The first kappa shape index (κ1) is 21.0. The molecule has 0 saturated carbocycles. The number of benzene rings is 2. The number of hydrogen-bond acceptors (Lipinski definition) is 5. The minimum Gasteiger partial charge on any atom is -0.497 e. The van der Waals surface area contributed by atoms with E-state index in [4.69, 9.17) is 4.74 Å². The molecular weight excluding hydrogens is 424 g/mol. The van der Waals surface area contributed by atoms with Crippen LogP contribution in [0.2, 0.25) is 0 Å². The first-order valence-corrected chi connectivity index (χ1v) is 9.37. The summed E-state index contributed by atoms with van der Waals surface area (Å²) in [7, 11) is 1.50. The van der Waals surface area contributed by atoms with Gasteiger partial charge in [-0.25, -0.2) is 4.79 Å². The van der Waals surface area contributed by atoms with Crippen LogP contribution in [0.5, 0.6) is 17.4 Å². The zero-order valence-electron chi connectivity index (χ0n) is 16.7. The molecule has 0 spiro atoms. The van der Waals surface area contributed by atoms with Crippen molar-refractivity contribution in [2.75, 3.05) is 7.11 Å². The number of hydrogen-bond donors (Lipinski definition) is 3. The van der Waals surface area contributed by atoms with E-state index in [0.717, 1.165) is 0 Å². The van der Waals surface area contributed by atoms with Crippen LogP contribution in [0.3, 0.4) is 0 Å². The van der Waals surface area contributed by atoms with Gasteiger partial charge in [0.2, 0.25) is 5.54 Å². The van der Waals surface area contributed by atoms with Gasteiger partial charge < -0.3 is 24.5 Å². The van der Waals surface area contributed by atoms with Crippen molar-refractivity contribution in [1.29, 1.82) is 0 Å². The number of rotatable bonds is 5. The van der Waals surface area contributed by atoms with Crippen molar-refractivity contribution in [1.82, 2.24) is 15.2 Å². The molecule has 1 saturated heterocycles. The maximum absolute atomic E-state index is 12.6. The standard InChI is InChI=1S/C22H17F2N3O5/c1-31-16-7-4-14-11-27(18(28)17(14)10-16)12-22(19(29)25-21(30)26-22)9-8-13-2-5-15(6-3-13)32-20(23)24/h2-7,10-11,20,28H,12H2,1H3,(H2,25,26,29,30)/t22-/m1/s1. The van der Waals surface area contributed by atoms with Crippen LogP contribution in [0.15, 0.2) is 48.7 Å². The minimum absolute atomic E-state index is 0.0356. The number of halogens is 2. The molecule has 164 valence electrons. The highest BCUT2D eigenvalue weighted by Gasteiger charge is 2.46. The number of amides is 3. The predicted octanol–water partition coefficient (Wildman–Crippen LogP) is 2.59. The Morgan fingerprint density at radius 2 is 1.88 bits per heavy atom. The lowest BCUT2D eigenvalue weighted by molar-refractivity contribution is -0.122. The highest BCUT2D eigenvalue weighted by molar-refractivity contribution is 6.09. The molecule has 3 N–H and O–H groups in total. The van der Waals surface area contributed by atoms with E-state index in [1.807, 2.05) is 0 Å². The van der Waals surface area contributed by atoms with E-state index in [9.17, 15) is 23.5 Å². The maximum Gasteiger partial charge on any atom is 0.387 e. The number of fused-ring (bicyclic) bond motifs is 1. The zero-order valence-corrected chi connectivity index (χ0v) is 16.7. The maximum atomic E-state index is 12.6. The first-order chi connectivity index (χ1) is 15.3. The summed E-state index contributed by atoms with van der Waals surface area (Å²) >= 11 is 0. The molecule has 1 aromatic heterocycles. The summed E-state index contributed by atoms with van der Waals surface area (Å²) in [4.78, 5) is 24.5. The van der Waals surface area contributed by atoms with Crippen LogP contribution in [0.25, 0.3) is 10.8 Å². The molecule has 0 radical (unpaired) electrons. The van der Waals surface area contributed by atoms with Crippen LogP contribution in [0.1, 0.15) is 5.56 Å². The van der Waals surface area contributed by atoms with E-state index >= 15 is 0 Å². The van der Waals surface area contributed by atoms with Gasteiger partial charge in [0.1, 0.15) is 11.5 Å². The molecule has 10 heteroatoms. The minimum atomic E-state index is -2.95. The molecule has 0 unspecified atom stereocenters. The van der Waals surface area contributed by atoms with Gasteiger partial charge in [0.25, 0.3) is 5.91 Å². The molecule has 8 nitrogen and oxygen atoms in total. The summed E-state index contributed by atoms with van der Waals surface area (Å²) in [6.07, 6.45) is 1.63. The van der Waals surface area contributed by atoms with Gasteiger partial charge in [-0.15, -0.1) is 0 Å². The summed E-state index contributed by atoms with van der Waals surface area (Å²) in [6.45, 7) is -3.12. The molecule has 0 aliphatic carbocycles. The summed E-state index contributed by atoms with van der Waals surface area (Å²) in [5, 5.41) is 16.5. The fraction of sp³-hybridized carbons (Fsp3) is 0.182. The third-order valence-electron chi connectivity index (χ3n) is 4.92. The van der Waals surface area contributed by atoms with Gasteiger partial charge >= 0.3 is 12.6 Å². The fourth-order valence-corrected chi connectivity index (χ4v) is 3.36. The number of nitrogens with zero attached hydrogens (tertiary/aromatic N) is 1. The molecular formula is C22H17F2N3O5. The molecule has 4 rings (SSSR count). The summed E-state index contributed by atoms with van der Waals surface area (Å²) in [5.41, 5.74) is -1.25. The van der Waals surface area contributed by atoms with Crippen LogP contribution in [0, 0.1) is 11.8 Å². The molecule has 1 aliphatic heterocycles. The number of ether oxygens (including phenoxy) is 2. The van der Waals surface area contributed by atoms with Crippen molar-refractivity contribution >= 4 is 22.7 Å². The molecule has 1 aliphatic rings. The lowest BCUT2D eigenvalue weighted by atomic mass is 10.00. The largest absolute Gasteiger partial charge is 0.497 e. The van der Waals surface area contributed by atoms with E-state index in [-0.39, 0.29) is 18.2 Å². The monoisotopic (exact) mass is 441 g/mol. The number of alkyl halides is 2. The van der Waals surface area contributed by atoms with Gasteiger partial charge in [0, 0.05) is 22.5 Å². The smallest absolute Gasteiger partial charge is 0.387 e. The van der Waals surface area contributed by atoms with Crippen molar-refractivity contribution in [2.24, 2.45) is 0 Å². The second kappa shape index (κ2) is 8.11. The number of nitrogens with one attached hydrogen (secondary N) is 2. The molecule has 2 aromatic carbocycles. The third kappa shape index (κ3) is 4.00. The third-order valence-corrected chi connectivity index (χ3v) is 4.92. The van der Waals surface area contributed by atoms with Gasteiger partial charge in [0.15, 0.2) is 5.88 Å². The van der Waals surface area contributed by atoms with Gasteiger partial charge in [-0.2, -0.15) is 8.78 Å². The molecule has 1 fully saturated rings. The predicted molar refractivity (Wildman–Crippen MR) is 110 cm³/mol. The second-order valence-electron chi connectivity index (χ2n) is 7.00. The molecule has 2 heterocycles. The number of imide groups is 1. The van der Waals surface area contributed by atoms with Gasteiger partial charge in [-0.05, 0) is 42.5 Å². The molecule has 1 atom stereocenters. The zero-order chi connectivity index (χ0) is 22.9. The lowest BCUT2D eigenvalue weighted by Crippen LogP contribution is -2.49. The van der Waals surface area contributed by atoms with E-state index in [0.29, 0.717) is 22.1 Å². The van der Waals surface area contributed by atoms with Crippen LogP contribution in [-0.4, -0.2) is 40.9 Å². The average Bonchev–Trinajstić information content (AvgIpc) is 3.22. The lowest BCUT2D eigenvalue weighted by Gasteiger charge is -2.20. The first-order valence-electron chi connectivity index (χ1n) is 9.37. The number of carbonyl (C=O) groups excluding carboxylic acids is 2. The SMILES string of the molecule is COc1ccc2cn(C[C@@]3(C#Cc4ccc(OC(F)F)cc4)NC(=O)NC3=O)c(O)c2c1. The Balaban J connectivity index is 1.68. The number of aromatic hydroxyl groups is 1. The quantitative estimate of drug-likeness (QED) is 0.417. The van der Waals surface area contributed by atoms with Crippen molar-refractivity contribution in [2.45, 2.75) is 18.7 Å². The van der Waals surface area contributed by atoms with Gasteiger partial charge in [0.05, 0.1) is 13.7 Å². The van der Waals surface area contributed by atoms with Crippen molar-refractivity contribution in [3.63, 3.8) is 0 Å². The topological polar surface area (TPSA) is 102 Å². The molecule has 3 aromatic rings. The van der Waals surface area contributed by atoms with Crippen LogP contribution in [0.4, 0.5) is 13.6 Å². The Labute approximate surface area is 180 Å². The highest BCUT2D eigenvalue weighted by atomic mass is 19.3. The Hall–Kier alpha value is -4.26. The summed E-state index contributed by atoms with van der Waals surface area (Å²) in [5.74, 6) is 5.23. The molecule has 3 amide bonds. The fourth-order valence-electron chi connectivity index (χ4n) is 3.36. The molecule has 32 heavy (non-hydrogen) atoms. The van der Waals surface area contributed by atoms with Crippen LogP contribution in [-0.2, 0) is 11.3 Å². The Morgan fingerprint density at radius 3 is 2.50 bits per heavy atom. The van der Waals surface area contributed by atoms with Crippen molar-refractivity contribution in [3.05, 3.63) is 54.2 Å². The van der Waals surface area contributed by atoms with E-state index in [1.54, 1.807) is 24.4 Å². The number of urea groups is 1. The molecule has 0 bridgehead atoms. The van der Waals surface area contributed by atoms with Crippen LogP contribution < -0.4 is 20.1 Å². The van der Waals surface area contributed by atoms with E-state index < -0.39 is 24.1 Å². The van der Waals surface area contributed by atoms with Gasteiger partial charge in [-0.3, -0.25) is 10.1 Å². The van der Waals surface area contributed by atoms with Gasteiger partial charge in [-0.1, -0.05) is 11.8 Å². The van der Waals surface area contributed by atoms with E-state index in [2.05, 4.69) is 27.2 Å². The van der Waals surface area contributed by atoms with E-state index in [1.165, 1.54) is 35.9 Å². The van der Waals surface area contributed by atoms with Crippen molar-refractivity contribution < 1.29 is 33.0 Å². The summed E-state index contributed by atoms with van der Waals surface area (Å²) in [6, 6.07) is 9.92. The van der Waals surface area contributed by atoms with Crippen LogP contribution >= 0.6 is 0 Å². The summed E-state index contributed by atoms with van der Waals surface area (Å²) < 4.78 is 35.5. The Kier molecular flexibility index (Phi) is 5.32. The number of carbonyl (C=O) groups is 2. The number of methoxy groups -OCH3 is 1. The average molecular weight is 441 g/mol. The normalized spacial score (nSPS) is 17.6. The number of aromatic nitrogens is 1.